The number of rotatable bonds is 7. The van der Waals surface area contributed by atoms with Crippen molar-refractivity contribution in [3.63, 3.8) is 0 Å². The SMILES string of the molecule is N#CC1(NC(=O)C(Cc2cc(I)c(O)c(I)c2)NC(=O)c2ccc(N3CCOCC3)cc2)CC1. The maximum Gasteiger partial charge on any atom is 0.251 e. The van der Waals surface area contributed by atoms with Crippen LogP contribution in [0.4, 0.5) is 5.69 Å². The fraction of sp³-hybridized carbons (Fsp3) is 0.375. The Kier molecular flexibility index (Phi) is 7.83. The Hall–Kier alpha value is -2.11. The van der Waals surface area contributed by atoms with Crippen LogP contribution in [0.25, 0.3) is 0 Å². The van der Waals surface area contributed by atoms with Gasteiger partial charge in [0.05, 0.1) is 26.4 Å². The van der Waals surface area contributed by atoms with Gasteiger partial charge in [-0.15, -0.1) is 0 Å². The van der Waals surface area contributed by atoms with Gasteiger partial charge in [-0.3, -0.25) is 9.59 Å². The van der Waals surface area contributed by atoms with Gasteiger partial charge in [0.1, 0.15) is 17.3 Å². The topological polar surface area (TPSA) is 115 Å². The molecule has 0 spiro atoms. The highest BCUT2D eigenvalue weighted by Crippen LogP contribution is 2.34. The van der Waals surface area contributed by atoms with E-state index < -0.39 is 17.5 Å². The lowest BCUT2D eigenvalue weighted by Gasteiger charge is -2.29. The number of phenols is 1. The lowest BCUT2D eigenvalue weighted by atomic mass is 10.0. The zero-order chi connectivity index (χ0) is 24.3. The van der Waals surface area contributed by atoms with E-state index in [0.717, 1.165) is 24.3 Å². The van der Waals surface area contributed by atoms with Crippen LogP contribution < -0.4 is 15.5 Å². The lowest BCUT2D eigenvalue weighted by molar-refractivity contribution is -0.123. The van der Waals surface area contributed by atoms with Crippen molar-refractivity contribution >= 4 is 62.7 Å². The summed E-state index contributed by atoms with van der Waals surface area (Å²) in [5.74, 6) is -0.564. The first-order valence-electron chi connectivity index (χ1n) is 10.9. The van der Waals surface area contributed by atoms with E-state index in [9.17, 15) is 20.0 Å². The summed E-state index contributed by atoms with van der Waals surface area (Å²) in [5.41, 5.74) is 1.44. The third kappa shape index (κ3) is 5.92. The Labute approximate surface area is 225 Å². The van der Waals surface area contributed by atoms with Gasteiger partial charge in [-0.25, -0.2) is 0 Å². The monoisotopic (exact) mass is 686 g/mol. The second-order valence-electron chi connectivity index (χ2n) is 8.47. The Balaban J connectivity index is 1.50. The Morgan fingerprint density at radius 3 is 2.32 bits per heavy atom. The maximum atomic E-state index is 13.1. The Bertz CT molecular complexity index is 1100. The number of nitriles is 1. The van der Waals surface area contributed by atoms with E-state index in [1.165, 1.54) is 0 Å². The minimum Gasteiger partial charge on any atom is -0.506 e. The predicted molar refractivity (Wildman–Crippen MR) is 144 cm³/mol. The van der Waals surface area contributed by atoms with E-state index in [4.69, 9.17) is 4.74 Å². The summed E-state index contributed by atoms with van der Waals surface area (Å²) in [5, 5.41) is 25.1. The molecular formula is C24H24I2N4O4. The molecule has 2 fully saturated rings. The number of phenolic OH excluding ortho intramolecular Hbond substituents is 1. The number of nitrogens with zero attached hydrogens (tertiary/aromatic N) is 2. The molecule has 1 atom stereocenters. The molecule has 2 aliphatic rings. The highest BCUT2D eigenvalue weighted by molar-refractivity contribution is 14.1. The molecule has 1 aliphatic heterocycles. The van der Waals surface area contributed by atoms with Gasteiger partial charge in [0.25, 0.3) is 5.91 Å². The van der Waals surface area contributed by atoms with Crippen LogP contribution in [-0.4, -0.2) is 54.8 Å². The van der Waals surface area contributed by atoms with Gasteiger partial charge in [0.2, 0.25) is 5.91 Å². The molecule has 34 heavy (non-hydrogen) atoms. The van der Waals surface area contributed by atoms with E-state index >= 15 is 0 Å². The summed E-state index contributed by atoms with van der Waals surface area (Å²) in [6.45, 7) is 2.97. The number of carbonyl (C=O) groups excluding carboxylic acids is 2. The summed E-state index contributed by atoms with van der Waals surface area (Å²) in [6.07, 6.45) is 1.44. The van der Waals surface area contributed by atoms with Crippen molar-refractivity contribution < 1.29 is 19.4 Å². The Morgan fingerprint density at radius 1 is 1.15 bits per heavy atom. The molecule has 0 radical (unpaired) electrons. The van der Waals surface area contributed by atoms with Crippen LogP contribution in [0.5, 0.6) is 5.75 Å². The molecule has 1 saturated carbocycles. The zero-order valence-electron chi connectivity index (χ0n) is 18.3. The predicted octanol–water partition coefficient (Wildman–Crippen LogP) is 2.95. The summed E-state index contributed by atoms with van der Waals surface area (Å²) in [7, 11) is 0. The van der Waals surface area contributed by atoms with Gasteiger partial charge in [0.15, 0.2) is 0 Å². The van der Waals surface area contributed by atoms with Crippen LogP contribution in [0.3, 0.4) is 0 Å². The standard InChI is InChI=1S/C24H24I2N4O4/c25-18-11-15(12-19(26)21(18)31)13-20(23(33)29-24(14-27)5-6-24)28-22(32)16-1-3-17(4-2-16)30-7-9-34-10-8-30/h1-4,11-12,20,31H,5-10,13H2,(H,28,32)(H,29,33). The first kappa shape index (κ1) is 25.0. The van der Waals surface area contributed by atoms with Crippen molar-refractivity contribution in [2.24, 2.45) is 0 Å². The van der Waals surface area contributed by atoms with E-state index in [2.05, 4.69) is 21.6 Å². The molecule has 1 heterocycles. The first-order valence-corrected chi connectivity index (χ1v) is 13.1. The number of morpholine rings is 1. The van der Waals surface area contributed by atoms with Crippen LogP contribution >= 0.6 is 45.2 Å². The molecule has 4 rings (SSSR count). The van der Waals surface area contributed by atoms with Gasteiger partial charge < -0.3 is 25.4 Å². The first-order chi connectivity index (χ1) is 16.3. The number of halogens is 2. The third-order valence-electron chi connectivity index (χ3n) is 5.97. The number of benzene rings is 2. The molecule has 178 valence electrons. The largest absolute Gasteiger partial charge is 0.506 e. The number of amides is 2. The van der Waals surface area contributed by atoms with Crippen LogP contribution in [0.1, 0.15) is 28.8 Å². The van der Waals surface area contributed by atoms with E-state index in [0.29, 0.717) is 38.8 Å². The minimum absolute atomic E-state index is 0.191. The van der Waals surface area contributed by atoms with Crippen molar-refractivity contribution in [3.8, 4) is 11.8 Å². The fourth-order valence-corrected chi connectivity index (χ4v) is 5.68. The number of anilines is 1. The number of aromatic hydroxyl groups is 1. The van der Waals surface area contributed by atoms with Crippen molar-refractivity contribution in [3.05, 3.63) is 54.7 Å². The van der Waals surface area contributed by atoms with Gasteiger partial charge in [-0.1, -0.05) is 0 Å². The highest BCUT2D eigenvalue weighted by Gasteiger charge is 2.45. The molecule has 2 amide bonds. The van der Waals surface area contributed by atoms with Crippen LogP contribution in [0.2, 0.25) is 0 Å². The maximum absolute atomic E-state index is 13.1. The molecule has 8 nitrogen and oxygen atoms in total. The van der Waals surface area contributed by atoms with Gasteiger partial charge in [0, 0.05) is 30.8 Å². The smallest absolute Gasteiger partial charge is 0.251 e. The zero-order valence-corrected chi connectivity index (χ0v) is 22.6. The average molecular weight is 686 g/mol. The molecular weight excluding hydrogens is 662 g/mol. The van der Waals surface area contributed by atoms with Crippen LogP contribution in [0.15, 0.2) is 36.4 Å². The van der Waals surface area contributed by atoms with Gasteiger partial charge >= 0.3 is 0 Å². The normalized spacial score (nSPS) is 17.4. The molecule has 3 N–H and O–H groups in total. The second kappa shape index (κ2) is 10.7. The highest BCUT2D eigenvalue weighted by atomic mass is 127. The summed E-state index contributed by atoms with van der Waals surface area (Å²) in [6, 6.07) is 12.2. The summed E-state index contributed by atoms with van der Waals surface area (Å²) >= 11 is 4.07. The van der Waals surface area contributed by atoms with Crippen molar-refractivity contribution in [2.45, 2.75) is 30.8 Å². The molecule has 1 saturated heterocycles. The molecule has 1 unspecified atom stereocenters. The minimum atomic E-state index is -0.867. The van der Waals surface area contributed by atoms with E-state index in [1.54, 1.807) is 24.3 Å². The van der Waals surface area contributed by atoms with Crippen molar-refractivity contribution in [1.29, 1.82) is 5.26 Å². The van der Waals surface area contributed by atoms with E-state index in [-0.39, 0.29) is 18.1 Å². The molecule has 2 aromatic rings. The molecule has 2 aromatic carbocycles. The van der Waals surface area contributed by atoms with E-state index in [1.807, 2.05) is 57.3 Å². The number of hydrogen-bond acceptors (Lipinski definition) is 6. The quantitative estimate of drug-likeness (QED) is 0.387. The summed E-state index contributed by atoms with van der Waals surface area (Å²) < 4.78 is 6.72. The summed E-state index contributed by atoms with van der Waals surface area (Å²) in [4.78, 5) is 28.3. The third-order valence-corrected chi connectivity index (χ3v) is 7.62. The van der Waals surface area contributed by atoms with Crippen LogP contribution in [0, 0.1) is 18.5 Å². The number of carbonyl (C=O) groups is 2. The Morgan fingerprint density at radius 2 is 1.76 bits per heavy atom. The van der Waals surface area contributed by atoms with Gasteiger partial charge in [-0.2, -0.15) is 5.26 Å². The number of nitrogens with one attached hydrogen (secondary N) is 2. The fourth-order valence-electron chi connectivity index (χ4n) is 3.78. The van der Waals surface area contributed by atoms with Gasteiger partial charge in [-0.05, 0) is 100.0 Å². The van der Waals surface area contributed by atoms with Crippen molar-refractivity contribution in [2.75, 3.05) is 31.2 Å². The molecule has 10 heteroatoms. The van der Waals surface area contributed by atoms with Crippen LogP contribution in [-0.2, 0) is 16.0 Å². The second-order valence-corrected chi connectivity index (χ2v) is 10.8. The van der Waals surface area contributed by atoms with Crippen molar-refractivity contribution in [1.82, 2.24) is 10.6 Å². The lowest BCUT2D eigenvalue weighted by Crippen LogP contribution is -2.51. The number of hydrogen-bond donors (Lipinski definition) is 3. The number of ether oxygens (including phenoxy) is 1. The molecule has 1 aliphatic carbocycles. The average Bonchev–Trinajstić information content (AvgIpc) is 3.62. The molecule has 0 bridgehead atoms. The molecule has 0 aromatic heterocycles.